The molecule has 0 atom stereocenters. The van der Waals surface area contributed by atoms with Crippen LogP contribution < -0.4 is 0 Å². The largest absolute Gasteiger partial charge is 0.151 e. The van der Waals surface area contributed by atoms with Crippen LogP contribution in [0.2, 0.25) is 0 Å². The Hall–Kier alpha value is -1.60. The summed E-state index contributed by atoms with van der Waals surface area (Å²) in [6, 6.07) is 17.0. The third-order valence-corrected chi connectivity index (χ3v) is 3.51. The van der Waals surface area contributed by atoms with Gasteiger partial charge in [-0.15, -0.1) is 0 Å². The molecule has 1 heteroatoms. The predicted molar refractivity (Wildman–Crippen MR) is 69.8 cm³/mol. The average Bonchev–Trinajstić information content (AvgIpc) is 2.63. The molecule has 0 fully saturated rings. The fourth-order valence-corrected chi connectivity index (χ4v) is 2.80. The number of hydrogen-bond acceptors (Lipinski definition) is 0. The molecule has 0 saturated carbocycles. The maximum atomic E-state index is 3.95. The first-order valence-corrected chi connectivity index (χ1v) is 5.88. The SMILES string of the molecule is C=S=C1c2ccccc2-c2ccccc21. The van der Waals surface area contributed by atoms with Gasteiger partial charge in [0.05, 0.1) is 0 Å². The van der Waals surface area contributed by atoms with E-state index in [-0.39, 0.29) is 0 Å². The van der Waals surface area contributed by atoms with Crippen LogP contribution in [-0.4, -0.2) is 10.7 Å². The maximum Gasteiger partial charge on any atom is 0.0421 e. The molecular weight excluding hydrogens is 200 g/mol. The second-order valence-electron chi connectivity index (χ2n) is 3.56. The van der Waals surface area contributed by atoms with E-state index in [0.29, 0.717) is 0 Å². The number of fused-ring (bicyclic) bond motifs is 3. The van der Waals surface area contributed by atoms with Crippen LogP contribution >= 0.6 is 10.9 Å². The Morgan fingerprint density at radius 3 is 1.47 bits per heavy atom. The molecule has 0 nitrogen and oxygen atoms in total. The minimum Gasteiger partial charge on any atom is -0.151 e. The highest BCUT2D eigenvalue weighted by molar-refractivity contribution is 7.96. The van der Waals surface area contributed by atoms with Gasteiger partial charge in [0.15, 0.2) is 0 Å². The second kappa shape index (κ2) is 3.21. The Morgan fingerprint density at radius 2 is 1.07 bits per heavy atom. The first-order chi connectivity index (χ1) is 7.42. The molecule has 3 rings (SSSR count). The van der Waals surface area contributed by atoms with Gasteiger partial charge in [0.1, 0.15) is 0 Å². The molecule has 1 aliphatic rings. The van der Waals surface area contributed by atoms with Gasteiger partial charge in [-0.1, -0.05) is 48.5 Å². The Labute approximate surface area is 92.7 Å². The van der Waals surface area contributed by atoms with E-state index >= 15 is 0 Å². The number of benzene rings is 2. The van der Waals surface area contributed by atoms with Crippen LogP contribution in [0.25, 0.3) is 11.1 Å². The van der Waals surface area contributed by atoms with Crippen LogP contribution in [0.15, 0.2) is 48.5 Å². The molecule has 0 saturated heterocycles. The molecule has 0 unspecified atom stereocenters. The van der Waals surface area contributed by atoms with E-state index in [1.54, 1.807) is 10.9 Å². The normalized spacial score (nSPS) is 12.1. The molecule has 0 heterocycles. The molecule has 0 bridgehead atoms. The lowest BCUT2D eigenvalue weighted by atomic mass is 10.1. The lowest BCUT2D eigenvalue weighted by Crippen LogP contribution is -1.92. The number of hydrogen-bond donors (Lipinski definition) is 0. The summed E-state index contributed by atoms with van der Waals surface area (Å²) in [7, 11) is 1.58. The van der Waals surface area contributed by atoms with Crippen molar-refractivity contribution in [2.24, 2.45) is 0 Å². The highest BCUT2D eigenvalue weighted by atomic mass is 32.1. The summed E-state index contributed by atoms with van der Waals surface area (Å²) in [6.07, 6.45) is 0. The van der Waals surface area contributed by atoms with Gasteiger partial charge in [-0.3, -0.25) is 0 Å². The quantitative estimate of drug-likeness (QED) is 0.499. The lowest BCUT2D eigenvalue weighted by molar-refractivity contribution is 1.65. The molecule has 2 aromatic carbocycles. The zero-order valence-corrected chi connectivity index (χ0v) is 9.05. The molecule has 0 amide bonds. The van der Waals surface area contributed by atoms with Crippen molar-refractivity contribution in [3.8, 4) is 11.1 Å². The van der Waals surface area contributed by atoms with E-state index in [2.05, 4.69) is 54.4 Å². The summed E-state index contributed by atoms with van der Waals surface area (Å²) >= 11 is 0. The van der Waals surface area contributed by atoms with E-state index in [4.69, 9.17) is 0 Å². The van der Waals surface area contributed by atoms with E-state index in [0.717, 1.165) is 0 Å². The van der Waals surface area contributed by atoms with Gasteiger partial charge in [-0.2, -0.15) is 10.9 Å². The molecule has 2 aromatic rings. The van der Waals surface area contributed by atoms with Crippen LogP contribution in [0.3, 0.4) is 0 Å². The second-order valence-corrected chi connectivity index (χ2v) is 4.26. The zero-order valence-electron chi connectivity index (χ0n) is 8.23. The van der Waals surface area contributed by atoms with Crippen LogP contribution in [0.1, 0.15) is 11.1 Å². The highest BCUT2D eigenvalue weighted by Gasteiger charge is 2.21. The fourth-order valence-electron chi connectivity index (χ4n) is 2.13. The Balaban J connectivity index is 2.47. The summed E-state index contributed by atoms with van der Waals surface area (Å²) in [5, 5.41) is 0. The van der Waals surface area contributed by atoms with E-state index < -0.39 is 0 Å². The average molecular weight is 210 g/mol. The Morgan fingerprint density at radius 1 is 0.667 bits per heavy atom. The summed E-state index contributed by atoms with van der Waals surface area (Å²) in [5.74, 6) is 3.95. The summed E-state index contributed by atoms with van der Waals surface area (Å²) in [4.78, 5) is 1.29. The molecule has 1 aliphatic carbocycles. The van der Waals surface area contributed by atoms with Crippen molar-refractivity contribution >= 4 is 21.7 Å². The standard InChI is InChI=1S/C14H10S/c1-15-14-12-8-4-2-6-10(12)11-7-3-5-9-13(11)14/h2-9H,1H2. The molecular formula is C14H10S. The van der Waals surface area contributed by atoms with Crippen molar-refractivity contribution in [1.82, 2.24) is 0 Å². The van der Waals surface area contributed by atoms with Crippen molar-refractivity contribution in [3.05, 3.63) is 59.7 Å². The van der Waals surface area contributed by atoms with Gasteiger partial charge in [-0.25, -0.2) is 0 Å². The van der Waals surface area contributed by atoms with Crippen molar-refractivity contribution in [2.45, 2.75) is 0 Å². The molecule has 0 spiro atoms. The Kier molecular flexibility index (Phi) is 1.86. The Bertz CT molecular complexity index is 542. The fraction of sp³-hybridized carbons (Fsp3) is 0. The van der Waals surface area contributed by atoms with Crippen LogP contribution in [0, 0.1) is 0 Å². The van der Waals surface area contributed by atoms with E-state index in [9.17, 15) is 0 Å². The summed E-state index contributed by atoms with van der Waals surface area (Å²) in [5.41, 5.74) is 5.30. The first-order valence-electron chi connectivity index (χ1n) is 4.90. The molecule has 0 N–H and O–H groups in total. The lowest BCUT2D eigenvalue weighted by Gasteiger charge is -1.97. The van der Waals surface area contributed by atoms with Gasteiger partial charge in [0.2, 0.25) is 0 Å². The number of rotatable bonds is 0. The van der Waals surface area contributed by atoms with Crippen LogP contribution in [0.5, 0.6) is 0 Å². The van der Waals surface area contributed by atoms with Crippen molar-refractivity contribution in [3.63, 3.8) is 0 Å². The first kappa shape index (κ1) is 8.69. The van der Waals surface area contributed by atoms with Crippen molar-refractivity contribution < 1.29 is 0 Å². The van der Waals surface area contributed by atoms with Crippen LogP contribution in [0.4, 0.5) is 0 Å². The molecule has 72 valence electrons. The molecule has 15 heavy (non-hydrogen) atoms. The van der Waals surface area contributed by atoms with Gasteiger partial charge in [0.25, 0.3) is 0 Å². The monoisotopic (exact) mass is 210 g/mol. The molecule has 0 radical (unpaired) electrons. The van der Waals surface area contributed by atoms with E-state index in [1.807, 2.05) is 0 Å². The van der Waals surface area contributed by atoms with Crippen LogP contribution in [-0.2, 0) is 0 Å². The van der Waals surface area contributed by atoms with E-state index in [1.165, 1.54) is 27.1 Å². The topological polar surface area (TPSA) is 0 Å². The highest BCUT2D eigenvalue weighted by Crippen LogP contribution is 2.36. The minimum absolute atomic E-state index is 1.29. The smallest absolute Gasteiger partial charge is 0.0421 e. The molecule has 0 aliphatic heterocycles. The van der Waals surface area contributed by atoms with Gasteiger partial charge >= 0.3 is 0 Å². The zero-order chi connectivity index (χ0) is 10.3. The van der Waals surface area contributed by atoms with Gasteiger partial charge in [-0.05, 0) is 17.0 Å². The third-order valence-electron chi connectivity index (χ3n) is 2.78. The van der Waals surface area contributed by atoms with Gasteiger partial charge < -0.3 is 0 Å². The molecule has 0 aromatic heterocycles. The minimum atomic E-state index is 1.29. The summed E-state index contributed by atoms with van der Waals surface area (Å²) in [6.45, 7) is 0. The summed E-state index contributed by atoms with van der Waals surface area (Å²) < 4.78 is 0. The van der Waals surface area contributed by atoms with Crippen molar-refractivity contribution in [1.29, 1.82) is 0 Å². The third kappa shape index (κ3) is 1.13. The van der Waals surface area contributed by atoms with Crippen molar-refractivity contribution in [2.75, 3.05) is 0 Å². The predicted octanol–water partition coefficient (Wildman–Crippen LogP) is 3.40. The maximum absolute atomic E-state index is 3.95. The van der Waals surface area contributed by atoms with Gasteiger partial charge in [0, 0.05) is 16.0 Å².